The molecule has 4 rings (SSSR count). The third-order valence-corrected chi connectivity index (χ3v) is 5.63. The molecule has 0 spiro atoms. The average Bonchev–Trinajstić information content (AvgIpc) is 3.30. The first kappa shape index (κ1) is 26.3. The highest BCUT2D eigenvalue weighted by Crippen LogP contribution is 2.34. The molecule has 9 nitrogen and oxygen atoms in total. The highest BCUT2D eigenvalue weighted by atomic mass is 19.1. The highest BCUT2D eigenvalue weighted by Gasteiger charge is 2.15. The van der Waals surface area contributed by atoms with Gasteiger partial charge in [-0.1, -0.05) is 6.07 Å². The third-order valence-electron chi connectivity index (χ3n) is 5.63. The van der Waals surface area contributed by atoms with E-state index in [9.17, 15) is 9.59 Å². The van der Waals surface area contributed by atoms with Crippen LogP contribution in [0.15, 0.2) is 70.5 Å². The van der Waals surface area contributed by atoms with Gasteiger partial charge in [0.1, 0.15) is 17.3 Å². The Morgan fingerprint density at radius 3 is 2.68 bits per heavy atom. The summed E-state index contributed by atoms with van der Waals surface area (Å²) >= 11 is 0. The molecule has 38 heavy (non-hydrogen) atoms. The number of aromatic nitrogens is 3. The molecule has 2 aromatic heterocycles. The van der Waals surface area contributed by atoms with Gasteiger partial charge >= 0.3 is 0 Å². The number of H-pyrrole nitrogens is 2. The van der Waals surface area contributed by atoms with Crippen molar-refractivity contribution in [1.82, 2.24) is 20.5 Å². The molecule has 0 radical (unpaired) electrons. The molecular formula is C28H29FN6O3. The van der Waals surface area contributed by atoms with Gasteiger partial charge in [-0.15, -0.1) is 0 Å². The lowest BCUT2D eigenvalue weighted by molar-refractivity contribution is -0.119. The number of carbonyl (C=O) groups excluding carboxylic acids is 1. The lowest BCUT2D eigenvalue weighted by Crippen LogP contribution is -2.27. The van der Waals surface area contributed by atoms with E-state index in [1.807, 2.05) is 20.8 Å². The SMILES string of the molecule is Cc1cc(CC(=O)NC(C=NC(C)(C)C)=CN)c(F)cc1Oc1ccnc2ccc(-c3c[nH][nH]c3=O)cc12. The number of nitrogens with one attached hydrogen (secondary N) is 3. The summed E-state index contributed by atoms with van der Waals surface area (Å²) in [5.41, 5.74) is 8.00. The molecule has 196 valence electrons. The molecule has 2 heterocycles. The Morgan fingerprint density at radius 1 is 1.21 bits per heavy atom. The van der Waals surface area contributed by atoms with E-state index in [4.69, 9.17) is 10.5 Å². The van der Waals surface area contributed by atoms with Crippen LogP contribution in [-0.2, 0) is 11.2 Å². The number of pyridine rings is 1. The van der Waals surface area contributed by atoms with Crippen LogP contribution in [0, 0.1) is 12.7 Å². The number of aliphatic imine (C=N–C) groups is 1. The van der Waals surface area contributed by atoms with Crippen LogP contribution in [0.2, 0.25) is 0 Å². The fourth-order valence-corrected chi connectivity index (χ4v) is 3.74. The molecule has 0 aliphatic heterocycles. The summed E-state index contributed by atoms with van der Waals surface area (Å²) in [6, 6.07) is 9.88. The average molecular weight is 517 g/mol. The molecule has 10 heteroatoms. The largest absolute Gasteiger partial charge is 0.456 e. The second-order valence-electron chi connectivity index (χ2n) is 9.78. The van der Waals surface area contributed by atoms with Crippen LogP contribution in [0.5, 0.6) is 11.5 Å². The van der Waals surface area contributed by atoms with Gasteiger partial charge in [0.25, 0.3) is 5.56 Å². The molecule has 4 aromatic rings. The molecule has 5 N–H and O–H groups in total. The second kappa shape index (κ2) is 10.7. The minimum atomic E-state index is -0.583. The Morgan fingerprint density at radius 2 is 2.00 bits per heavy atom. The summed E-state index contributed by atoms with van der Waals surface area (Å²) in [6.45, 7) is 7.51. The molecule has 0 fully saturated rings. The number of hydrogen-bond donors (Lipinski definition) is 4. The molecular weight excluding hydrogens is 487 g/mol. The highest BCUT2D eigenvalue weighted by molar-refractivity contribution is 5.90. The molecule has 1 amide bonds. The summed E-state index contributed by atoms with van der Waals surface area (Å²) in [6.07, 6.45) is 5.70. The van der Waals surface area contributed by atoms with E-state index in [2.05, 4.69) is 25.5 Å². The Hall–Kier alpha value is -4.73. The maximum atomic E-state index is 15.0. The van der Waals surface area contributed by atoms with Gasteiger partial charge in [-0.05, 0) is 68.7 Å². The van der Waals surface area contributed by atoms with E-state index in [0.717, 1.165) is 0 Å². The Bertz CT molecular complexity index is 1610. The van der Waals surface area contributed by atoms with E-state index < -0.39 is 11.7 Å². The van der Waals surface area contributed by atoms with E-state index in [0.29, 0.717) is 44.8 Å². The van der Waals surface area contributed by atoms with E-state index in [-0.39, 0.29) is 23.1 Å². The van der Waals surface area contributed by atoms with Gasteiger partial charge in [-0.2, -0.15) is 0 Å². The number of aryl methyl sites for hydroxylation is 1. The monoisotopic (exact) mass is 516 g/mol. The number of carbonyl (C=O) groups is 1. The summed E-state index contributed by atoms with van der Waals surface area (Å²) < 4.78 is 21.1. The zero-order valence-corrected chi connectivity index (χ0v) is 21.6. The quantitative estimate of drug-likeness (QED) is 0.268. The number of nitrogens with two attached hydrogens (primary N) is 1. The lowest BCUT2D eigenvalue weighted by atomic mass is 10.1. The lowest BCUT2D eigenvalue weighted by Gasteiger charge is -2.14. The molecule has 0 aliphatic rings. The van der Waals surface area contributed by atoms with Crippen LogP contribution in [0.3, 0.4) is 0 Å². The molecule has 0 unspecified atom stereocenters. The summed E-state index contributed by atoms with van der Waals surface area (Å²) in [4.78, 5) is 33.3. The molecule has 0 saturated carbocycles. The number of halogens is 1. The van der Waals surface area contributed by atoms with Crippen molar-refractivity contribution < 1.29 is 13.9 Å². The standard InChI is InChI=1S/C28H29FN6O3/c1-16-9-18(11-26(36)34-19(13-30)14-32-28(2,3)4)22(29)12-25(16)38-24-7-8-31-23-6-5-17(10-20(23)24)21-15-33-35-27(21)37/h5-10,12-15H,11,30H2,1-4H3,(H,34,36)(H2,33,35,37). The van der Waals surface area contributed by atoms with Crippen molar-refractivity contribution in [3.05, 3.63) is 88.0 Å². The van der Waals surface area contributed by atoms with Gasteiger partial charge in [0.15, 0.2) is 0 Å². The minimum Gasteiger partial charge on any atom is -0.456 e. The number of rotatable bonds is 7. The minimum absolute atomic E-state index is 0.194. The first-order valence-electron chi connectivity index (χ1n) is 11.9. The number of hydrogen-bond acceptors (Lipinski definition) is 6. The number of amides is 1. The van der Waals surface area contributed by atoms with Crippen molar-refractivity contribution in [2.45, 2.75) is 39.7 Å². The van der Waals surface area contributed by atoms with Crippen molar-refractivity contribution in [3.63, 3.8) is 0 Å². The van der Waals surface area contributed by atoms with Gasteiger partial charge in [0, 0.05) is 36.3 Å². The Kier molecular flexibility index (Phi) is 7.43. The predicted molar refractivity (Wildman–Crippen MR) is 146 cm³/mol. The van der Waals surface area contributed by atoms with Crippen molar-refractivity contribution >= 4 is 23.0 Å². The maximum Gasteiger partial charge on any atom is 0.271 e. The zero-order valence-electron chi connectivity index (χ0n) is 21.6. The molecule has 2 aromatic carbocycles. The maximum absolute atomic E-state index is 15.0. The zero-order chi connectivity index (χ0) is 27.4. The van der Waals surface area contributed by atoms with Crippen molar-refractivity contribution in [1.29, 1.82) is 0 Å². The van der Waals surface area contributed by atoms with Gasteiger partial charge < -0.3 is 20.9 Å². The number of allylic oxidation sites excluding steroid dienone is 1. The van der Waals surface area contributed by atoms with E-state index in [1.54, 1.807) is 49.6 Å². The van der Waals surface area contributed by atoms with Crippen LogP contribution >= 0.6 is 0 Å². The fourth-order valence-electron chi connectivity index (χ4n) is 3.74. The molecule has 0 atom stereocenters. The van der Waals surface area contributed by atoms with Crippen molar-refractivity contribution in [3.8, 4) is 22.6 Å². The molecule has 0 bridgehead atoms. The van der Waals surface area contributed by atoms with Crippen LogP contribution in [0.25, 0.3) is 22.0 Å². The normalized spacial score (nSPS) is 12.3. The van der Waals surface area contributed by atoms with Crippen LogP contribution in [-0.4, -0.2) is 32.8 Å². The first-order chi connectivity index (χ1) is 18.0. The van der Waals surface area contributed by atoms with E-state index >= 15 is 4.39 Å². The topological polar surface area (TPSA) is 138 Å². The van der Waals surface area contributed by atoms with Crippen LogP contribution < -0.4 is 21.3 Å². The second-order valence-corrected chi connectivity index (χ2v) is 9.78. The van der Waals surface area contributed by atoms with E-state index in [1.165, 1.54) is 18.5 Å². The van der Waals surface area contributed by atoms with Crippen LogP contribution in [0.1, 0.15) is 31.9 Å². The smallest absolute Gasteiger partial charge is 0.271 e. The summed E-state index contributed by atoms with van der Waals surface area (Å²) in [7, 11) is 0. The van der Waals surface area contributed by atoms with Gasteiger partial charge in [-0.25, -0.2) is 4.39 Å². The number of nitrogens with zero attached hydrogens (tertiary/aromatic N) is 2. The summed E-state index contributed by atoms with van der Waals surface area (Å²) in [5.74, 6) is -0.265. The van der Waals surface area contributed by atoms with Gasteiger partial charge in [0.05, 0.1) is 28.7 Å². The van der Waals surface area contributed by atoms with Crippen molar-refractivity contribution in [2.24, 2.45) is 10.7 Å². The number of aromatic amines is 2. The molecule has 0 saturated heterocycles. The summed E-state index contributed by atoms with van der Waals surface area (Å²) in [5, 5.41) is 8.51. The van der Waals surface area contributed by atoms with Crippen molar-refractivity contribution in [2.75, 3.05) is 0 Å². The number of fused-ring (bicyclic) bond motifs is 1. The first-order valence-corrected chi connectivity index (χ1v) is 11.9. The third kappa shape index (κ3) is 6.15. The number of ether oxygens (including phenoxy) is 1. The van der Waals surface area contributed by atoms with Gasteiger partial charge in [-0.3, -0.25) is 24.7 Å². The Labute approximate surface area is 218 Å². The molecule has 0 aliphatic carbocycles. The Balaban J connectivity index is 1.56. The van der Waals surface area contributed by atoms with Crippen LogP contribution in [0.4, 0.5) is 4.39 Å². The van der Waals surface area contributed by atoms with Gasteiger partial charge in [0.2, 0.25) is 5.91 Å². The fraction of sp³-hybridized carbons (Fsp3) is 0.214. The predicted octanol–water partition coefficient (Wildman–Crippen LogP) is 4.49. The number of benzene rings is 2.